The summed E-state index contributed by atoms with van der Waals surface area (Å²) >= 11 is 0. The summed E-state index contributed by atoms with van der Waals surface area (Å²) < 4.78 is 0. The quantitative estimate of drug-likeness (QED) is 0.450. The normalized spacial score (nSPS) is 10.5. The molecule has 0 aromatic carbocycles. The van der Waals surface area contributed by atoms with Crippen LogP contribution in [-0.2, 0) is 9.59 Å². The topological polar surface area (TPSA) is 58.2 Å². The standard InChI is InChI=1S/C18H36N2O2/c1-3-13-17(21)19-15-11-9-7-5-6-8-10-12-16-20-18(22)14-4-2/h3-16H2,1-2H3,(H,19,21)(H,20,22). The Morgan fingerprint density at radius 1 is 0.591 bits per heavy atom. The van der Waals surface area contributed by atoms with Gasteiger partial charge >= 0.3 is 0 Å². The fourth-order valence-corrected chi connectivity index (χ4v) is 2.40. The number of rotatable bonds is 15. The molecule has 0 radical (unpaired) electrons. The Labute approximate surface area is 136 Å². The zero-order chi connectivity index (χ0) is 16.5. The third-order valence-corrected chi connectivity index (χ3v) is 3.70. The average Bonchev–Trinajstić information content (AvgIpc) is 2.49. The molecule has 130 valence electrons. The summed E-state index contributed by atoms with van der Waals surface area (Å²) in [6.07, 6.45) is 12.8. The molecule has 0 bridgehead atoms. The van der Waals surface area contributed by atoms with Crippen LogP contribution in [0.1, 0.15) is 90.9 Å². The van der Waals surface area contributed by atoms with E-state index in [0.717, 1.165) is 38.8 Å². The highest BCUT2D eigenvalue weighted by atomic mass is 16.2. The predicted molar refractivity (Wildman–Crippen MR) is 92.8 cm³/mol. The Morgan fingerprint density at radius 2 is 0.909 bits per heavy atom. The minimum Gasteiger partial charge on any atom is -0.356 e. The molecule has 0 fully saturated rings. The van der Waals surface area contributed by atoms with Gasteiger partial charge in [0.1, 0.15) is 0 Å². The second-order valence-electron chi connectivity index (χ2n) is 6.03. The molecule has 0 aromatic heterocycles. The molecule has 4 nitrogen and oxygen atoms in total. The Balaban J connectivity index is 3.11. The molecule has 0 spiro atoms. The lowest BCUT2D eigenvalue weighted by molar-refractivity contribution is -0.121. The third kappa shape index (κ3) is 15.3. The van der Waals surface area contributed by atoms with Crippen molar-refractivity contribution in [2.24, 2.45) is 0 Å². The SMILES string of the molecule is CCCC(=O)NCCCCCCCCCCNC(=O)CCC. The van der Waals surface area contributed by atoms with Crippen molar-refractivity contribution in [2.75, 3.05) is 13.1 Å². The molecule has 0 rings (SSSR count). The van der Waals surface area contributed by atoms with Crippen LogP contribution in [0.15, 0.2) is 0 Å². The first-order valence-corrected chi connectivity index (χ1v) is 9.24. The van der Waals surface area contributed by atoms with Crippen molar-refractivity contribution in [1.82, 2.24) is 10.6 Å². The van der Waals surface area contributed by atoms with E-state index in [0.29, 0.717) is 12.8 Å². The van der Waals surface area contributed by atoms with Gasteiger partial charge in [-0.25, -0.2) is 0 Å². The maximum atomic E-state index is 11.2. The maximum absolute atomic E-state index is 11.2. The number of amides is 2. The van der Waals surface area contributed by atoms with Crippen molar-refractivity contribution in [3.05, 3.63) is 0 Å². The molecule has 0 heterocycles. The molecule has 4 heteroatoms. The fraction of sp³-hybridized carbons (Fsp3) is 0.889. The first-order valence-electron chi connectivity index (χ1n) is 9.24. The summed E-state index contributed by atoms with van der Waals surface area (Å²) in [5.74, 6) is 0.377. The largest absolute Gasteiger partial charge is 0.356 e. The molecule has 0 aliphatic heterocycles. The molecular weight excluding hydrogens is 276 g/mol. The van der Waals surface area contributed by atoms with E-state index in [1.807, 2.05) is 13.8 Å². The Bertz CT molecular complexity index is 252. The van der Waals surface area contributed by atoms with E-state index in [9.17, 15) is 9.59 Å². The molecule has 2 amide bonds. The van der Waals surface area contributed by atoms with Gasteiger partial charge < -0.3 is 10.6 Å². The summed E-state index contributed by atoms with van der Waals surface area (Å²) in [5.41, 5.74) is 0. The van der Waals surface area contributed by atoms with Crippen LogP contribution in [0, 0.1) is 0 Å². The lowest BCUT2D eigenvalue weighted by atomic mass is 10.1. The molecule has 0 aromatic rings. The smallest absolute Gasteiger partial charge is 0.219 e. The van der Waals surface area contributed by atoms with E-state index in [1.54, 1.807) is 0 Å². The lowest BCUT2D eigenvalue weighted by Gasteiger charge is -2.05. The van der Waals surface area contributed by atoms with Gasteiger partial charge in [0, 0.05) is 25.9 Å². The average molecular weight is 312 g/mol. The molecule has 0 atom stereocenters. The van der Waals surface area contributed by atoms with Crippen LogP contribution in [0.4, 0.5) is 0 Å². The van der Waals surface area contributed by atoms with E-state index in [-0.39, 0.29) is 11.8 Å². The van der Waals surface area contributed by atoms with Crippen LogP contribution in [-0.4, -0.2) is 24.9 Å². The van der Waals surface area contributed by atoms with Crippen LogP contribution in [0.25, 0.3) is 0 Å². The van der Waals surface area contributed by atoms with Crippen LogP contribution in [0.2, 0.25) is 0 Å². The molecule has 0 unspecified atom stereocenters. The molecule has 0 saturated heterocycles. The number of hydrogen-bond acceptors (Lipinski definition) is 2. The van der Waals surface area contributed by atoms with E-state index < -0.39 is 0 Å². The first kappa shape index (κ1) is 20.9. The third-order valence-electron chi connectivity index (χ3n) is 3.70. The summed E-state index contributed by atoms with van der Waals surface area (Å²) in [6, 6.07) is 0. The maximum Gasteiger partial charge on any atom is 0.219 e. The monoisotopic (exact) mass is 312 g/mol. The predicted octanol–water partition coefficient (Wildman–Crippen LogP) is 3.94. The van der Waals surface area contributed by atoms with Crippen LogP contribution in [0.3, 0.4) is 0 Å². The van der Waals surface area contributed by atoms with Crippen LogP contribution in [0.5, 0.6) is 0 Å². The van der Waals surface area contributed by atoms with Gasteiger partial charge in [-0.3, -0.25) is 9.59 Å². The van der Waals surface area contributed by atoms with E-state index >= 15 is 0 Å². The van der Waals surface area contributed by atoms with Crippen LogP contribution >= 0.6 is 0 Å². The molecule has 0 saturated carbocycles. The highest BCUT2D eigenvalue weighted by Gasteiger charge is 1.99. The van der Waals surface area contributed by atoms with Crippen molar-refractivity contribution in [3.63, 3.8) is 0 Å². The van der Waals surface area contributed by atoms with Crippen molar-refractivity contribution in [1.29, 1.82) is 0 Å². The summed E-state index contributed by atoms with van der Waals surface area (Å²) in [5, 5.41) is 5.91. The number of nitrogens with one attached hydrogen (secondary N) is 2. The minimum atomic E-state index is 0.188. The van der Waals surface area contributed by atoms with Crippen LogP contribution < -0.4 is 10.6 Å². The zero-order valence-electron chi connectivity index (χ0n) is 14.7. The number of carbonyl (C=O) groups is 2. The number of carbonyl (C=O) groups excluding carboxylic acids is 2. The first-order chi connectivity index (χ1) is 10.7. The van der Waals surface area contributed by atoms with Gasteiger partial charge in [0.15, 0.2) is 0 Å². The summed E-state index contributed by atoms with van der Waals surface area (Å²) in [6.45, 7) is 5.71. The highest BCUT2D eigenvalue weighted by molar-refractivity contribution is 5.76. The molecular formula is C18H36N2O2. The Hall–Kier alpha value is -1.06. The zero-order valence-corrected chi connectivity index (χ0v) is 14.7. The van der Waals surface area contributed by atoms with Crippen molar-refractivity contribution < 1.29 is 9.59 Å². The van der Waals surface area contributed by atoms with Gasteiger partial charge in [0.25, 0.3) is 0 Å². The molecule has 22 heavy (non-hydrogen) atoms. The second kappa shape index (κ2) is 16.3. The van der Waals surface area contributed by atoms with E-state index in [1.165, 1.54) is 38.5 Å². The van der Waals surface area contributed by atoms with Gasteiger partial charge in [-0.15, -0.1) is 0 Å². The van der Waals surface area contributed by atoms with Gasteiger partial charge in [0.05, 0.1) is 0 Å². The Kier molecular flexibility index (Phi) is 15.5. The van der Waals surface area contributed by atoms with Crippen molar-refractivity contribution in [3.8, 4) is 0 Å². The Morgan fingerprint density at radius 3 is 1.23 bits per heavy atom. The van der Waals surface area contributed by atoms with Crippen molar-refractivity contribution in [2.45, 2.75) is 90.9 Å². The van der Waals surface area contributed by atoms with Crippen molar-refractivity contribution >= 4 is 11.8 Å². The molecule has 0 aliphatic rings. The van der Waals surface area contributed by atoms with E-state index in [4.69, 9.17) is 0 Å². The lowest BCUT2D eigenvalue weighted by Crippen LogP contribution is -2.23. The van der Waals surface area contributed by atoms with Gasteiger partial charge in [0.2, 0.25) is 11.8 Å². The highest BCUT2D eigenvalue weighted by Crippen LogP contribution is 2.08. The van der Waals surface area contributed by atoms with Gasteiger partial charge in [-0.1, -0.05) is 52.4 Å². The van der Waals surface area contributed by atoms with Gasteiger partial charge in [-0.2, -0.15) is 0 Å². The molecule has 2 N–H and O–H groups in total. The second-order valence-corrected chi connectivity index (χ2v) is 6.03. The van der Waals surface area contributed by atoms with Gasteiger partial charge in [-0.05, 0) is 25.7 Å². The summed E-state index contributed by atoms with van der Waals surface area (Å²) in [7, 11) is 0. The number of hydrogen-bond donors (Lipinski definition) is 2. The summed E-state index contributed by atoms with van der Waals surface area (Å²) in [4.78, 5) is 22.5. The van der Waals surface area contributed by atoms with E-state index in [2.05, 4.69) is 10.6 Å². The number of unbranched alkanes of at least 4 members (excludes halogenated alkanes) is 7. The fourth-order valence-electron chi connectivity index (χ4n) is 2.40. The minimum absolute atomic E-state index is 0.188. The molecule has 0 aliphatic carbocycles.